The lowest BCUT2D eigenvalue weighted by molar-refractivity contribution is 0.590. The summed E-state index contributed by atoms with van der Waals surface area (Å²) in [5.41, 5.74) is 10.9. The van der Waals surface area contributed by atoms with E-state index in [2.05, 4.69) is 0 Å². The molecule has 4 aromatic carbocycles. The molecule has 4 aromatic rings. The first-order chi connectivity index (χ1) is 13.4. The third-order valence-electron chi connectivity index (χ3n) is 4.59. The second-order valence-corrected chi connectivity index (χ2v) is 6.43. The third-order valence-corrected chi connectivity index (χ3v) is 4.59. The first kappa shape index (κ1) is 17.9. The second-order valence-electron chi connectivity index (χ2n) is 6.43. The Balaban J connectivity index is 2.05. The van der Waals surface area contributed by atoms with Crippen LogP contribution in [0.25, 0.3) is 33.0 Å². The standard InChI is InChI=1S/C22H14F4N2/c23-17-7-11(27)8-18(24)21(17)15-5-1-3-13-14(15)4-2-6-16(13)22-19(25)9-12(28)10-20(22)26/h1-10H,27-28H2. The highest BCUT2D eigenvalue weighted by Crippen LogP contribution is 2.39. The van der Waals surface area contributed by atoms with E-state index in [4.69, 9.17) is 11.5 Å². The van der Waals surface area contributed by atoms with E-state index in [9.17, 15) is 17.6 Å². The molecule has 6 heteroatoms. The zero-order valence-electron chi connectivity index (χ0n) is 14.4. The molecule has 0 aliphatic heterocycles. The highest BCUT2D eigenvalue weighted by Gasteiger charge is 2.19. The van der Waals surface area contributed by atoms with Crippen LogP contribution in [0.3, 0.4) is 0 Å². The molecule has 4 rings (SSSR count). The summed E-state index contributed by atoms with van der Waals surface area (Å²) in [5, 5.41) is 0.886. The molecule has 0 atom stereocenters. The van der Waals surface area contributed by atoms with Crippen molar-refractivity contribution in [2.45, 2.75) is 0 Å². The number of anilines is 2. The molecule has 28 heavy (non-hydrogen) atoms. The van der Waals surface area contributed by atoms with Crippen LogP contribution in [0.2, 0.25) is 0 Å². The quantitative estimate of drug-likeness (QED) is 0.335. The van der Waals surface area contributed by atoms with Crippen molar-refractivity contribution in [2.24, 2.45) is 0 Å². The van der Waals surface area contributed by atoms with Crippen LogP contribution in [0.4, 0.5) is 28.9 Å². The molecular formula is C22H14F4N2. The van der Waals surface area contributed by atoms with Crippen LogP contribution in [0.5, 0.6) is 0 Å². The molecule has 2 nitrogen and oxygen atoms in total. The first-order valence-electron chi connectivity index (χ1n) is 8.38. The zero-order valence-corrected chi connectivity index (χ0v) is 14.4. The van der Waals surface area contributed by atoms with E-state index in [1.165, 1.54) is 0 Å². The van der Waals surface area contributed by atoms with Gasteiger partial charge in [-0.1, -0.05) is 36.4 Å². The lowest BCUT2D eigenvalue weighted by atomic mass is 9.92. The smallest absolute Gasteiger partial charge is 0.136 e. The Morgan fingerprint density at radius 3 is 1.14 bits per heavy atom. The summed E-state index contributed by atoms with van der Waals surface area (Å²) in [6, 6.07) is 13.6. The fourth-order valence-electron chi connectivity index (χ4n) is 3.45. The van der Waals surface area contributed by atoms with E-state index in [1.54, 1.807) is 36.4 Å². The minimum atomic E-state index is -0.819. The maximum Gasteiger partial charge on any atom is 0.136 e. The van der Waals surface area contributed by atoms with E-state index in [1.807, 2.05) is 0 Å². The van der Waals surface area contributed by atoms with Crippen molar-refractivity contribution in [3.05, 3.63) is 83.9 Å². The molecule has 0 aromatic heterocycles. The van der Waals surface area contributed by atoms with Gasteiger partial charge < -0.3 is 11.5 Å². The average Bonchev–Trinajstić information content (AvgIpc) is 2.60. The van der Waals surface area contributed by atoms with Gasteiger partial charge in [0.1, 0.15) is 23.3 Å². The maximum absolute atomic E-state index is 14.5. The van der Waals surface area contributed by atoms with Gasteiger partial charge in [-0.15, -0.1) is 0 Å². The number of fused-ring (bicyclic) bond motifs is 1. The van der Waals surface area contributed by atoms with Gasteiger partial charge in [0.25, 0.3) is 0 Å². The SMILES string of the molecule is Nc1cc(F)c(-c2cccc3c(-c4c(F)cc(N)cc4F)cccc23)c(F)c1. The van der Waals surface area contributed by atoms with Gasteiger partial charge in [-0.2, -0.15) is 0 Å². The number of rotatable bonds is 2. The minimum Gasteiger partial charge on any atom is -0.399 e. The summed E-state index contributed by atoms with van der Waals surface area (Å²) in [5.74, 6) is -3.28. The summed E-state index contributed by atoms with van der Waals surface area (Å²) in [6.45, 7) is 0. The van der Waals surface area contributed by atoms with Gasteiger partial charge in [0, 0.05) is 11.4 Å². The monoisotopic (exact) mass is 382 g/mol. The molecule has 0 unspecified atom stereocenters. The van der Waals surface area contributed by atoms with Crippen molar-refractivity contribution >= 4 is 22.1 Å². The summed E-state index contributed by atoms with van der Waals surface area (Å²) in [7, 11) is 0. The fraction of sp³-hybridized carbons (Fsp3) is 0. The van der Waals surface area contributed by atoms with Gasteiger partial charge >= 0.3 is 0 Å². The summed E-state index contributed by atoms with van der Waals surface area (Å²) in [4.78, 5) is 0. The largest absolute Gasteiger partial charge is 0.399 e. The molecule has 140 valence electrons. The van der Waals surface area contributed by atoms with E-state index in [0.717, 1.165) is 24.3 Å². The number of benzene rings is 4. The lowest BCUT2D eigenvalue weighted by Gasteiger charge is -2.14. The van der Waals surface area contributed by atoms with Crippen LogP contribution < -0.4 is 11.5 Å². The Morgan fingerprint density at radius 2 is 0.821 bits per heavy atom. The molecule has 0 amide bonds. The predicted molar refractivity (Wildman–Crippen MR) is 103 cm³/mol. The van der Waals surface area contributed by atoms with Gasteiger partial charge in [0.15, 0.2) is 0 Å². The highest BCUT2D eigenvalue weighted by atomic mass is 19.1. The van der Waals surface area contributed by atoms with Crippen molar-refractivity contribution in [1.29, 1.82) is 0 Å². The third kappa shape index (κ3) is 2.83. The molecule has 0 spiro atoms. The van der Waals surface area contributed by atoms with Crippen molar-refractivity contribution < 1.29 is 17.6 Å². The van der Waals surface area contributed by atoms with Gasteiger partial charge in [-0.05, 0) is 46.2 Å². The molecule has 0 heterocycles. The fourth-order valence-corrected chi connectivity index (χ4v) is 3.45. The number of hydrogen-bond acceptors (Lipinski definition) is 2. The molecule has 0 saturated carbocycles. The van der Waals surface area contributed by atoms with E-state index >= 15 is 0 Å². The van der Waals surface area contributed by atoms with Crippen LogP contribution in [0.15, 0.2) is 60.7 Å². The molecular weight excluding hydrogens is 368 g/mol. The number of hydrogen-bond donors (Lipinski definition) is 2. The van der Waals surface area contributed by atoms with Gasteiger partial charge in [-0.3, -0.25) is 0 Å². The first-order valence-corrected chi connectivity index (χ1v) is 8.38. The van der Waals surface area contributed by atoms with Gasteiger partial charge in [-0.25, -0.2) is 17.6 Å². The molecule has 4 N–H and O–H groups in total. The normalized spacial score (nSPS) is 11.1. The Morgan fingerprint density at radius 1 is 0.500 bits per heavy atom. The van der Waals surface area contributed by atoms with Crippen LogP contribution in [-0.2, 0) is 0 Å². The van der Waals surface area contributed by atoms with E-state index in [0.29, 0.717) is 10.8 Å². The topological polar surface area (TPSA) is 52.0 Å². The van der Waals surface area contributed by atoms with Crippen LogP contribution in [0.1, 0.15) is 0 Å². The summed E-state index contributed by atoms with van der Waals surface area (Å²) < 4.78 is 57.9. The zero-order chi connectivity index (χ0) is 20.0. The van der Waals surface area contributed by atoms with Gasteiger partial charge in [0.2, 0.25) is 0 Å². The Labute approximate surface area is 158 Å². The number of nitrogen functional groups attached to an aromatic ring is 2. The lowest BCUT2D eigenvalue weighted by Crippen LogP contribution is -1.97. The second kappa shape index (κ2) is 6.56. The van der Waals surface area contributed by atoms with Gasteiger partial charge in [0.05, 0.1) is 11.1 Å². The van der Waals surface area contributed by atoms with E-state index < -0.39 is 23.3 Å². The summed E-state index contributed by atoms with van der Waals surface area (Å²) >= 11 is 0. The molecule has 0 aliphatic carbocycles. The molecule has 0 radical (unpaired) electrons. The maximum atomic E-state index is 14.5. The molecule has 0 aliphatic rings. The highest BCUT2D eigenvalue weighted by molar-refractivity contribution is 6.04. The predicted octanol–water partition coefficient (Wildman–Crippen LogP) is 5.89. The molecule has 0 fully saturated rings. The molecule has 0 bridgehead atoms. The Kier molecular flexibility index (Phi) is 4.19. The van der Waals surface area contributed by atoms with Crippen molar-refractivity contribution in [3.63, 3.8) is 0 Å². The van der Waals surface area contributed by atoms with Crippen molar-refractivity contribution in [3.8, 4) is 22.3 Å². The number of halogens is 4. The molecule has 0 saturated heterocycles. The van der Waals surface area contributed by atoms with E-state index in [-0.39, 0.29) is 33.6 Å². The Hall–Kier alpha value is -3.54. The van der Waals surface area contributed by atoms with Crippen LogP contribution >= 0.6 is 0 Å². The summed E-state index contributed by atoms with van der Waals surface area (Å²) in [6.07, 6.45) is 0. The van der Waals surface area contributed by atoms with Crippen molar-refractivity contribution in [1.82, 2.24) is 0 Å². The minimum absolute atomic E-state index is 0.0364. The number of nitrogens with two attached hydrogens (primary N) is 2. The average molecular weight is 382 g/mol. The Bertz CT molecular complexity index is 1090. The van der Waals surface area contributed by atoms with Crippen LogP contribution in [0, 0.1) is 23.3 Å². The van der Waals surface area contributed by atoms with Crippen molar-refractivity contribution in [2.75, 3.05) is 11.5 Å². The van der Waals surface area contributed by atoms with Crippen LogP contribution in [-0.4, -0.2) is 0 Å².